The lowest BCUT2D eigenvalue weighted by atomic mass is 10.3. The third-order valence-electron chi connectivity index (χ3n) is 2.71. The Hall–Kier alpha value is -2.41. The predicted molar refractivity (Wildman–Crippen MR) is 79.1 cm³/mol. The van der Waals surface area contributed by atoms with Gasteiger partial charge in [-0.05, 0) is 19.9 Å². The molecule has 2 rings (SSSR count). The van der Waals surface area contributed by atoms with Gasteiger partial charge in [-0.25, -0.2) is 9.97 Å². The van der Waals surface area contributed by atoms with E-state index < -0.39 is 4.92 Å². The molecule has 0 atom stereocenters. The van der Waals surface area contributed by atoms with Gasteiger partial charge in [-0.15, -0.1) is 0 Å². The van der Waals surface area contributed by atoms with Crippen LogP contribution < -0.4 is 10.1 Å². The monoisotopic (exact) mass is 308 g/mol. The highest BCUT2D eigenvalue weighted by Crippen LogP contribution is 2.34. The maximum absolute atomic E-state index is 11.0. The molecule has 0 aliphatic heterocycles. The number of nitro benzene ring substituents is 1. The molecule has 110 valence electrons. The molecule has 8 heteroatoms. The van der Waals surface area contributed by atoms with Crippen molar-refractivity contribution in [3.05, 3.63) is 45.2 Å². The van der Waals surface area contributed by atoms with Gasteiger partial charge >= 0.3 is 5.69 Å². The first-order chi connectivity index (χ1) is 10.0. The van der Waals surface area contributed by atoms with Gasteiger partial charge in [0.25, 0.3) is 0 Å². The van der Waals surface area contributed by atoms with E-state index in [2.05, 4.69) is 15.3 Å². The van der Waals surface area contributed by atoms with Gasteiger partial charge in [0.15, 0.2) is 0 Å². The molecule has 1 aromatic heterocycles. The topological polar surface area (TPSA) is 90.2 Å². The van der Waals surface area contributed by atoms with E-state index in [1.54, 1.807) is 6.92 Å². The molecule has 0 aliphatic carbocycles. The lowest BCUT2D eigenvalue weighted by Gasteiger charge is -2.11. The standard InChI is InChI=1S/C13H13ClN4O3/c1-3-15-12-8(2)13(17-7-16-12)21-11-6-9(14)4-5-10(11)18(19)20/h4-7H,3H2,1-2H3,(H,15,16,17). The summed E-state index contributed by atoms with van der Waals surface area (Å²) in [5.41, 5.74) is 0.482. The third kappa shape index (κ3) is 3.38. The van der Waals surface area contributed by atoms with Gasteiger partial charge in [0, 0.05) is 23.7 Å². The van der Waals surface area contributed by atoms with E-state index >= 15 is 0 Å². The number of nitrogens with one attached hydrogen (secondary N) is 1. The number of ether oxygens (including phenoxy) is 1. The number of aromatic nitrogens is 2. The van der Waals surface area contributed by atoms with E-state index in [0.717, 1.165) is 0 Å². The summed E-state index contributed by atoms with van der Waals surface area (Å²) in [6, 6.07) is 4.11. The van der Waals surface area contributed by atoms with Gasteiger partial charge in [0.2, 0.25) is 11.6 Å². The number of anilines is 1. The number of hydrogen-bond acceptors (Lipinski definition) is 6. The Kier molecular flexibility index (Phi) is 4.54. The van der Waals surface area contributed by atoms with Crippen LogP contribution in [0.2, 0.25) is 5.02 Å². The van der Waals surface area contributed by atoms with E-state index in [1.807, 2.05) is 6.92 Å². The molecule has 0 aliphatic rings. The summed E-state index contributed by atoms with van der Waals surface area (Å²) in [7, 11) is 0. The van der Waals surface area contributed by atoms with Crippen LogP contribution in [0, 0.1) is 17.0 Å². The minimum absolute atomic E-state index is 0.0387. The van der Waals surface area contributed by atoms with Crippen molar-refractivity contribution >= 4 is 23.1 Å². The Morgan fingerprint density at radius 3 is 2.86 bits per heavy atom. The maximum atomic E-state index is 11.0. The quantitative estimate of drug-likeness (QED) is 0.670. The van der Waals surface area contributed by atoms with Crippen molar-refractivity contribution in [3.63, 3.8) is 0 Å². The van der Waals surface area contributed by atoms with Crippen LogP contribution in [-0.2, 0) is 0 Å². The van der Waals surface area contributed by atoms with E-state index in [1.165, 1.54) is 24.5 Å². The van der Waals surface area contributed by atoms with Crippen LogP contribution in [0.5, 0.6) is 11.6 Å². The number of halogens is 1. The summed E-state index contributed by atoms with van der Waals surface area (Å²) in [5.74, 6) is 0.898. The molecule has 0 unspecified atom stereocenters. The minimum Gasteiger partial charge on any atom is -0.431 e. The zero-order valence-electron chi connectivity index (χ0n) is 11.5. The number of rotatable bonds is 5. The Labute approximate surface area is 126 Å². The first kappa shape index (κ1) is 15.0. The number of nitro groups is 1. The lowest BCUT2D eigenvalue weighted by Crippen LogP contribution is -2.04. The molecule has 0 fully saturated rings. The van der Waals surface area contributed by atoms with Gasteiger partial charge in [0.1, 0.15) is 12.1 Å². The van der Waals surface area contributed by atoms with E-state index in [9.17, 15) is 10.1 Å². The molecule has 1 N–H and O–H groups in total. The zero-order chi connectivity index (χ0) is 15.4. The Morgan fingerprint density at radius 1 is 1.43 bits per heavy atom. The molecule has 0 saturated heterocycles. The Bertz CT molecular complexity index is 678. The van der Waals surface area contributed by atoms with Gasteiger partial charge in [0.05, 0.1) is 10.5 Å². The summed E-state index contributed by atoms with van der Waals surface area (Å²) < 4.78 is 5.55. The predicted octanol–water partition coefficient (Wildman–Crippen LogP) is 3.57. The molecule has 0 spiro atoms. The fraction of sp³-hybridized carbons (Fsp3) is 0.231. The molecule has 21 heavy (non-hydrogen) atoms. The van der Waals surface area contributed by atoms with Crippen molar-refractivity contribution in [2.24, 2.45) is 0 Å². The van der Waals surface area contributed by atoms with E-state index in [0.29, 0.717) is 22.9 Å². The summed E-state index contributed by atoms with van der Waals surface area (Å²) in [6.07, 6.45) is 1.33. The molecule has 7 nitrogen and oxygen atoms in total. The van der Waals surface area contributed by atoms with E-state index in [4.69, 9.17) is 16.3 Å². The third-order valence-corrected chi connectivity index (χ3v) is 2.94. The molecular weight excluding hydrogens is 296 g/mol. The zero-order valence-corrected chi connectivity index (χ0v) is 12.2. The average Bonchev–Trinajstić information content (AvgIpc) is 2.43. The molecule has 1 aromatic carbocycles. The van der Waals surface area contributed by atoms with Crippen molar-refractivity contribution in [3.8, 4) is 11.6 Å². The molecule has 0 amide bonds. The second kappa shape index (κ2) is 6.36. The van der Waals surface area contributed by atoms with Crippen molar-refractivity contribution < 1.29 is 9.66 Å². The fourth-order valence-corrected chi connectivity index (χ4v) is 1.87. The first-order valence-corrected chi connectivity index (χ1v) is 6.58. The average molecular weight is 309 g/mol. The summed E-state index contributed by atoms with van der Waals surface area (Å²) in [4.78, 5) is 18.6. The van der Waals surface area contributed by atoms with Crippen LogP contribution >= 0.6 is 11.6 Å². The molecule has 0 bridgehead atoms. The smallest absolute Gasteiger partial charge is 0.311 e. The van der Waals surface area contributed by atoms with Crippen LogP contribution in [0.3, 0.4) is 0 Å². The number of nitrogens with zero attached hydrogens (tertiary/aromatic N) is 3. The highest BCUT2D eigenvalue weighted by atomic mass is 35.5. The van der Waals surface area contributed by atoms with Crippen molar-refractivity contribution in [1.82, 2.24) is 9.97 Å². The summed E-state index contributed by atoms with van der Waals surface area (Å²) in [6.45, 7) is 4.39. The normalized spacial score (nSPS) is 10.2. The van der Waals surface area contributed by atoms with E-state index in [-0.39, 0.29) is 17.3 Å². The van der Waals surface area contributed by atoms with Crippen molar-refractivity contribution in [2.45, 2.75) is 13.8 Å². The lowest BCUT2D eigenvalue weighted by molar-refractivity contribution is -0.385. The molecule has 0 radical (unpaired) electrons. The van der Waals surface area contributed by atoms with Gasteiger partial charge < -0.3 is 10.1 Å². The Morgan fingerprint density at radius 2 is 2.19 bits per heavy atom. The maximum Gasteiger partial charge on any atom is 0.311 e. The highest BCUT2D eigenvalue weighted by molar-refractivity contribution is 6.30. The van der Waals surface area contributed by atoms with Crippen LogP contribution in [0.1, 0.15) is 12.5 Å². The largest absolute Gasteiger partial charge is 0.431 e. The van der Waals surface area contributed by atoms with Crippen molar-refractivity contribution in [2.75, 3.05) is 11.9 Å². The molecule has 2 aromatic rings. The second-order valence-electron chi connectivity index (χ2n) is 4.15. The molecular formula is C13H13ClN4O3. The van der Waals surface area contributed by atoms with Gasteiger partial charge in [-0.1, -0.05) is 11.6 Å². The first-order valence-electron chi connectivity index (χ1n) is 6.20. The Balaban J connectivity index is 2.41. The second-order valence-corrected chi connectivity index (χ2v) is 4.59. The van der Waals surface area contributed by atoms with Crippen LogP contribution in [0.15, 0.2) is 24.5 Å². The molecule has 1 heterocycles. The van der Waals surface area contributed by atoms with Crippen LogP contribution in [0.25, 0.3) is 0 Å². The molecule has 0 saturated carbocycles. The summed E-state index contributed by atoms with van der Waals surface area (Å²) >= 11 is 5.86. The van der Waals surface area contributed by atoms with Gasteiger partial charge in [-0.3, -0.25) is 10.1 Å². The minimum atomic E-state index is -0.534. The van der Waals surface area contributed by atoms with Crippen LogP contribution in [-0.4, -0.2) is 21.4 Å². The SMILES string of the molecule is CCNc1ncnc(Oc2cc(Cl)ccc2[N+](=O)[O-])c1C. The number of benzene rings is 1. The summed E-state index contributed by atoms with van der Waals surface area (Å²) in [5, 5.41) is 14.4. The van der Waals surface area contributed by atoms with Gasteiger partial charge in [-0.2, -0.15) is 0 Å². The van der Waals surface area contributed by atoms with Crippen LogP contribution in [0.4, 0.5) is 11.5 Å². The fourth-order valence-electron chi connectivity index (χ4n) is 1.71. The number of hydrogen-bond donors (Lipinski definition) is 1. The highest BCUT2D eigenvalue weighted by Gasteiger charge is 2.18. The van der Waals surface area contributed by atoms with Crippen molar-refractivity contribution in [1.29, 1.82) is 0 Å².